The van der Waals surface area contributed by atoms with Crippen molar-refractivity contribution in [2.75, 3.05) is 19.6 Å². The van der Waals surface area contributed by atoms with E-state index in [0.717, 1.165) is 0 Å². The Kier molecular flexibility index (Phi) is 5.71. The molecule has 0 aliphatic carbocycles. The van der Waals surface area contributed by atoms with Crippen LogP contribution in [0.4, 0.5) is 0 Å². The number of aliphatic hydroxyl groups excluding tert-OH is 1. The molecule has 31 heavy (non-hydrogen) atoms. The number of thioether (sulfide) groups is 1. The van der Waals surface area contributed by atoms with Crippen molar-refractivity contribution < 1.29 is 28.2 Å². The van der Waals surface area contributed by atoms with Crippen molar-refractivity contribution >= 4 is 33.8 Å². The van der Waals surface area contributed by atoms with E-state index >= 15 is 0 Å². The number of nitrogens with one attached hydrogen (secondary N) is 2. The van der Waals surface area contributed by atoms with Crippen LogP contribution in [0.25, 0.3) is 0 Å². The van der Waals surface area contributed by atoms with Gasteiger partial charge in [-0.1, -0.05) is 6.92 Å². The van der Waals surface area contributed by atoms with E-state index in [9.17, 15) is 28.2 Å². The van der Waals surface area contributed by atoms with Gasteiger partial charge in [0.15, 0.2) is 0 Å². The summed E-state index contributed by atoms with van der Waals surface area (Å²) in [5.41, 5.74) is -0.479. The molecule has 6 atom stereocenters. The molecule has 4 N–H and O–H groups in total. The van der Waals surface area contributed by atoms with Crippen molar-refractivity contribution in [1.82, 2.24) is 19.2 Å². The lowest BCUT2D eigenvalue weighted by Gasteiger charge is -2.46. The Morgan fingerprint density at radius 3 is 2.61 bits per heavy atom. The molecule has 0 aromatic carbocycles. The minimum atomic E-state index is -3.50. The molecule has 4 heterocycles. The second-order valence-corrected chi connectivity index (χ2v) is 12.6. The van der Waals surface area contributed by atoms with Gasteiger partial charge in [-0.15, -0.1) is 11.8 Å². The van der Waals surface area contributed by atoms with Crippen LogP contribution in [0.1, 0.15) is 34.1 Å². The second-order valence-electron chi connectivity index (χ2n) is 9.64. The van der Waals surface area contributed by atoms with Gasteiger partial charge in [-0.25, -0.2) is 4.79 Å². The average molecular weight is 475 g/mol. The smallest absolute Gasteiger partial charge is 0.353 e. The molecule has 1 amide bonds. The average Bonchev–Trinajstić information content (AvgIpc) is 3.21. The van der Waals surface area contributed by atoms with Crippen molar-refractivity contribution in [1.29, 1.82) is 0 Å². The molecular weight excluding hydrogens is 444 g/mol. The molecule has 0 saturated carbocycles. The molecule has 0 aromatic rings. The van der Waals surface area contributed by atoms with E-state index < -0.39 is 33.7 Å². The summed E-state index contributed by atoms with van der Waals surface area (Å²) < 4.78 is 28.8. The van der Waals surface area contributed by atoms with Crippen LogP contribution in [-0.2, 0) is 19.8 Å². The Labute approximate surface area is 186 Å². The van der Waals surface area contributed by atoms with E-state index in [0.29, 0.717) is 31.0 Å². The van der Waals surface area contributed by atoms with Gasteiger partial charge < -0.3 is 20.4 Å². The van der Waals surface area contributed by atoms with E-state index in [1.165, 1.54) is 21.0 Å². The number of fused-ring (bicyclic) bond motifs is 1. The van der Waals surface area contributed by atoms with Crippen molar-refractivity contribution in [2.24, 2.45) is 11.8 Å². The Bertz CT molecular complexity index is 934. The molecule has 0 spiro atoms. The van der Waals surface area contributed by atoms with Gasteiger partial charge in [0, 0.05) is 47.3 Å². The number of amides is 1. The van der Waals surface area contributed by atoms with Gasteiger partial charge in [0.2, 0.25) is 5.91 Å². The summed E-state index contributed by atoms with van der Waals surface area (Å²) in [4.78, 5) is 26.4. The summed E-state index contributed by atoms with van der Waals surface area (Å²) in [6.07, 6.45) is -0.132. The van der Waals surface area contributed by atoms with Gasteiger partial charge in [0.25, 0.3) is 10.2 Å². The maximum Gasteiger partial charge on any atom is 0.353 e. The summed E-state index contributed by atoms with van der Waals surface area (Å²) in [5, 5.41) is 23.2. The number of carboxylic acids is 1. The van der Waals surface area contributed by atoms with E-state index in [4.69, 9.17) is 0 Å². The molecule has 4 rings (SSSR count). The SMILES string of the molecule is C[C@@H](O)[C@H]1C(=O)N2C(C(=O)O)=C(S[C@@H]3CN[C@H](CN4CC(C)(C)NS4(=O)=O)C3)[C@H](C)[C@H]12. The molecule has 174 valence electrons. The number of nitrogens with zero attached hydrogens (tertiary/aromatic N) is 2. The van der Waals surface area contributed by atoms with Gasteiger partial charge in [0.1, 0.15) is 5.70 Å². The summed E-state index contributed by atoms with van der Waals surface area (Å²) >= 11 is 1.46. The van der Waals surface area contributed by atoms with Crippen LogP contribution >= 0.6 is 11.8 Å². The number of rotatable bonds is 6. The third kappa shape index (κ3) is 3.91. The predicted molar refractivity (Wildman–Crippen MR) is 115 cm³/mol. The van der Waals surface area contributed by atoms with Crippen LogP contribution in [0.5, 0.6) is 0 Å². The zero-order valence-electron chi connectivity index (χ0n) is 18.0. The fraction of sp³-hybridized carbons (Fsp3) is 0.789. The molecule has 4 aliphatic rings. The largest absolute Gasteiger partial charge is 0.477 e. The predicted octanol–water partition coefficient (Wildman–Crippen LogP) is -0.468. The van der Waals surface area contributed by atoms with Crippen LogP contribution in [0.15, 0.2) is 10.6 Å². The van der Waals surface area contributed by atoms with E-state index in [2.05, 4.69) is 10.0 Å². The molecule has 12 heteroatoms. The molecule has 3 fully saturated rings. The highest BCUT2D eigenvalue weighted by Crippen LogP contribution is 2.51. The zero-order valence-corrected chi connectivity index (χ0v) is 19.7. The first kappa shape index (κ1) is 23.0. The number of β-lactam (4-membered cyclic amide) rings is 1. The third-order valence-electron chi connectivity index (χ3n) is 6.53. The van der Waals surface area contributed by atoms with Gasteiger partial charge in [-0.3, -0.25) is 4.79 Å². The topological polar surface area (TPSA) is 139 Å². The van der Waals surface area contributed by atoms with Crippen molar-refractivity contribution in [2.45, 2.75) is 63.1 Å². The standard InChI is InChI=1S/C19H30N4O6S2/c1-9-14-13(10(2)24)17(25)23(14)15(18(26)27)16(9)30-12-5-11(20-6-12)7-22-8-19(3,4)21-31(22,28)29/h9-14,20-21,24H,5-8H2,1-4H3,(H,26,27)/t9-,10-,11+,12+,13-,14-/m1/s1. The lowest BCUT2D eigenvalue weighted by Crippen LogP contribution is -2.63. The van der Waals surface area contributed by atoms with Crippen molar-refractivity contribution in [3.8, 4) is 0 Å². The highest BCUT2D eigenvalue weighted by atomic mass is 32.2. The van der Waals surface area contributed by atoms with Crippen LogP contribution < -0.4 is 10.0 Å². The first-order chi connectivity index (χ1) is 14.3. The minimum Gasteiger partial charge on any atom is -0.477 e. The molecule has 4 aliphatic heterocycles. The summed E-state index contributed by atoms with van der Waals surface area (Å²) in [6, 6.07) is -0.355. The number of aliphatic carboxylic acids is 1. The fourth-order valence-corrected chi connectivity index (χ4v) is 8.53. The van der Waals surface area contributed by atoms with E-state index in [1.54, 1.807) is 6.92 Å². The van der Waals surface area contributed by atoms with Gasteiger partial charge in [0.05, 0.1) is 18.1 Å². The van der Waals surface area contributed by atoms with Crippen LogP contribution in [-0.4, -0.2) is 88.3 Å². The van der Waals surface area contributed by atoms with Crippen molar-refractivity contribution in [3.05, 3.63) is 10.6 Å². The van der Waals surface area contributed by atoms with Gasteiger partial charge in [-0.2, -0.15) is 17.4 Å². The Morgan fingerprint density at radius 2 is 2.06 bits per heavy atom. The molecule has 0 aromatic heterocycles. The molecule has 3 saturated heterocycles. The number of carbonyl (C=O) groups excluding carboxylic acids is 1. The lowest BCUT2D eigenvalue weighted by molar-refractivity contribution is -0.163. The summed E-state index contributed by atoms with van der Waals surface area (Å²) in [7, 11) is -3.50. The number of hydrogen-bond acceptors (Lipinski definition) is 7. The first-order valence-corrected chi connectivity index (χ1v) is 12.8. The quantitative estimate of drug-likeness (QED) is 0.379. The molecule has 0 radical (unpaired) electrons. The first-order valence-electron chi connectivity index (χ1n) is 10.5. The number of carbonyl (C=O) groups is 2. The van der Waals surface area contributed by atoms with Crippen molar-refractivity contribution in [3.63, 3.8) is 0 Å². The Hall–Kier alpha value is -1.18. The summed E-state index contributed by atoms with van der Waals surface area (Å²) in [5.74, 6) is -2.21. The molecule has 0 unspecified atom stereocenters. The monoisotopic (exact) mass is 474 g/mol. The number of hydrogen-bond donors (Lipinski definition) is 4. The van der Waals surface area contributed by atoms with Crippen LogP contribution in [0.2, 0.25) is 0 Å². The number of carboxylic acid groups (broad SMARTS) is 1. The maximum atomic E-state index is 12.5. The zero-order chi connectivity index (χ0) is 22.9. The molecule has 10 nitrogen and oxygen atoms in total. The summed E-state index contributed by atoms with van der Waals surface area (Å²) in [6.45, 7) is 8.54. The highest BCUT2D eigenvalue weighted by Gasteiger charge is 2.60. The van der Waals surface area contributed by atoms with E-state index in [1.807, 2.05) is 20.8 Å². The van der Waals surface area contributed by atoms with Crippen LogP contribution in [0, 0.1) is 11.8 Å². The van der Waals surface area contributed by atoms with Crippen LogP contribution in [0.3, 0.4) is 0 Å². The second kappa shape index (κ2) is 7.70. The molecule has 0 bridgehead atoms. The number of aliphatic hydroxyl groups is 1. The van der Waals surface area contributed by atoms with Gasteiger partial charge >= 0.3 is 5.97 Å². The highest BCUT2D eigenvalue weighted by molar-refractivity contribution is 8.03. The molecular formula is C19H30N4O6S2. The lowest BCUT2D eigenvalue weighted by atomic mass is 9.79. The third-order valence-corrected chi connectivity index (χ3v) is 9.81. The Morgan fingerprint density at radius 1 is 1.39 bits per heavy atom. The van der Waals surface area contributed by atoms with E-state index in [-0.39, 0.29) is 34.9 Å². The fourth-order valence-electron chi connectivity index (χ4n) is 5.25. The normalized spacial score (nSPS) is 37.8. The minimum absolute atomic E-state index is 0.0286. The maximum absolute atomic E-state index is 12.5. The van der Waals surface area contributed by atoms with Gasteiger partial charge in [-0.05, 0) is 27.2 Å². The Balaban J connectivity index is 1.44.